The van der Waals surface area contributed by atoms with Crippen LogP contribution in [0.1, 0.15) is 46.5 Å². The van der Waals surface area contributed by atoms with Crippen LogP contribution in [0.2, 0.25) is 0 Å². The first-order valence-corrected chi connectivity index (χ1v) is 7.95. The third-order valence-electron chi connectivity index (χ3n) is 5.96. The molecule has 2 aliphatic rings. The second kappa shape index (κ2) is 5.71. The van der Waals surface area contributed by atoms with Crippen LogP contribution in [0.25, 0.3) is 0 Å². The molecular formula is C16H32N2O. The summed E-state index contributed by atoms with van der Waals surface area (Å²) in [7, 11) is 4.20. The largest absolute Gasteiger partial charge is 0.381 e. The van der Waals surface area contributed by atoms with Gasteiger partial charge in [-0.25, -0.2) is 0 Å². The van der Waals surface area contributed by atoms with E-state index in [1.54, 1.807) is 0 Å². The zero-order valence-corrected chi connectivity index (χ0v) is 13.5. The molecule has 0 aromatic heterocycles. The standard InChI is InChI=1S/C16H32N2O/c1-6-16(7-2)13(10-14(16)19-5)18(4)12-15(3)8-9-17-11-15/h13-14,17H,6-12H2,1-5H3. The van der Waals surface area contributed by atoms with Gasteiger partial charge in [-0.3, -0.25) is 0 Å². The summed E-state index contributed by atoms with van der Waals surface area (Å²) in [6.07, 6.45) is 5.43. The van der Waals surface area contributed by atoms with Crippen molar-refractivity contribution in [1.29, 1.82) is 0 Å². The molecule has 0 amide bonds. The van der Waals surface area contributed by atoms with E-state index in [0.29, 0.717) is 23.0 Å². The Morgan fingerprint density at radius 1 is 1.32 bits per heavy atom. The molecule has 0 radical (unpaired) electrons. The molecule has 0 bridgehead atoms. The van der Waals surface area contributed by atoms with Crippen LogP contribution in [0.4, 0.5) is 0 Å². The Kier molecular flexibility index (Phi) is 4.59. The number of methoxy groups -OCH3 is 1. The fourth-order valence-electron chi connectivity index (χ4n) is 4.57. The number of ether oxygens (including phenoxy) is 1. The lowest BCUT2D eigenvalue weighted by Crippen LogP contribution is -2.64. The Balaban J connectivity index is 2.01. The van der Waals surface area contributed by atoms with Gasteiger partial charge in [0.1, 0.15) is 0 Å². The fraction of sp³-hybridized carbons (Fsp3) is 1.00. The molecule has 1 aliphatic carbocycles. The highest BCUT2D eigenvalue weighted by molar-refractivity contribution is 5.07. The normalized spacial score (nSPS) is 37.6. The molecule has 3 unspecified atom stereocenters. The Morgan fingerprint density at radius 3 is 2.47 bits per heavy atom. The number of nitrogens with zero attached hydrogens (tertiary/aromatic N) is 1. The first-order chi connectivity index (χ1) is 9.01. The highest BCUT2D eigenvalue weighted by Crippen LogP contribution is 2.51. The second-order valence-electron chi connectivity index (χ2n) is 7.07. The minimum Gasteiger partial charge on any atom is -0.381 e. The van der Waals surface area contributed by atoms with E-state index in [9.17, 15) is 0 Å². The average Bonchev–Trinajstić information content (AvgIpc) is 2.77. The van der Waals surface area contributed by atoms with E-state index in [0.717, 1.165) is 0 Å². The Hall–Kier alpha value is -0.120. The van der Waals surface area contributed by atoms with Crippen molar-refractivity contribution in [2.45, 2.75) is 58.6 Å². The van der Waals surface area contributed by atoms with E-state index in [1.807, 2.05) is 7.11 Å². The maximum absolute atomic E-state index is 5.72. The topological polar surface area (TPSA) is 24.5 Å². The smallest absolute Gasteiger partial charge is 0.0657 e. The van der Waals surface area contributed by atoms with Crippen LogP contribution in [0.3, 0.4) is 0 Å². The van der Waals surface area contributed by atoms with Crippen LogP contribution in [0, 0.1) is 10.8 Å². The van der Waals surface area contributed by atoms with Crippen LogP contribution in [0.5, 0.6) is 0 Å². The molecule has 0 aromatic carbocycles. The van der Waals surface area contributed by atoms with Crippen molar-refractivity contribution < 1.29 is 4.74 Å². The molecule has 3 nitrogen and oxygen atoms in total. The van der Waals surface area contributed by atoms with Crippen LogP contribution in [-0.2, 0) is 4.74 Å². The summed E-state index contributed by atoms with van der Waals surface area (Å²) in [6, 6.07) is 0.699. The van der Waals surface area contributed by atoms with Crippen molar-refractivity contribution in [2.24, 2.45) is 10.8 Å². The highest BCUT2D eigenvalue weighted by Gasteiger charge is 2.55. The van der Waals surface area contributed by atoms with Crippen molar-refractivity contribution in [3.8, 4) is 0 Å². The lowest BCUT2D eigenvalue weighted by atomic mass is 9.58. The van der Waals surface area contributed by atoms with Gasteiger partial charge >= 0.3 is 0 Å². The summed E-state index contributed by atoms with van der Waals surface area (Å²) >= 11 is 0. The Bertz CT molecular complexity index is 295. The molecule has 2 rings (SSSR count). The molecule has 0 spiro atoms. The SMILES string of the molecule is CCC1(CC)C(OC)CC1N(C)CC1(C)CCNC1. The first kappa shape index (κ1) is 15.3. The summed E-state index contributed by atoms with van der Waals surface area (Å²) in [4.78, 5) is 2.62. The summed E-state index contributed by atoms with van der Waals surface area (Å²) in [5, 5.41) is 3.51. The molecule has 3 heteroatoms. The Labute approximate surface area is 119 Å². The van der Waals surface area contributed by atoms with E-state index < -0.39 is 0 Å². The average molecular weight is 268 g/mol. The molecular weight excluding hydrogens is 236 g/mol. The summed E-state index contributed by atoms with van der Waals surface area (Å²) in [5.74, 6) is 0. The third-order valence-corrected chi connectivity index (χ3v) is 5.96. The molecule has 1 N–H and O–H groups in total. The molecule has 2 fully saturated rings. The first-order valence-electron chi connectivity index (χ1n) is 7.95. The number of hydrogen-bond donors (Lipinski definition) is 1. The third kappa shape index (κ3) is 2.57. The number of nitrogens with one attached hydrogen (secondary N) is 1. The second-order valence-corrected chi connectivity index (χ2v) is 7.07. The van der Waals surface area contributed by atoms with Crippen LogP contribution in [-0.4, -0.2) is 50.8 Å². The van der Waals surface area contributed by atoms with Gasteiger partial charge in [0.2, 0.25) is 0 Å². The number of rotatable bonds is 6. The van der Waals surface area contributed by atoms with E-state index in [1.165, 1.54) is 45.3 Å². The zero-order chi connectivity index (χ0) is 14.1. The maximum atomic E-state index is 5.72. The number of hydrogen-bond acceptors (Lipinski definition) is 3. The molecule has 1 saturated heterocycles. The zero-order valence-electron chi connectivity index (χ0n) is 13.5. The molecule has 3 atom stereocenters. The van der Waals surface area contributed by atoms with Gasteiger partial charge in [0.25, 0.3) is 0 Å². The van der Waals surface area contributed by atoms with E-state index in [-0.39, 0.29) is 0 Å². The van der Waals surface area contributed by atoms with Gasteiger partial charge in [-0.15, -0.1) is 0 Å². The van der Waals surface area contributed by atoms with Gasteiger partial charge < -0.3 is 15.0 Å². The van der Waals surface area contributed by atoms with Gasteiger partial charge in [0, 0.05) is 31.7 Å². The molecule has 1 saturated carbocycles. The quantitative estimate of drug-likeness (QED) is 0.801. The van der Waals surface area contributed by atoms with Crippen molar-refractivity contribution in [3.05, 3.63) is 0 Å². The highest BCUT2D eigenvalue weighted by atomic mass is 16.5. The molecule has 19 heavy (non-hydrogen) atoms. The summed E-state index contributed by atoms with van der Waals surface area (Å²) in [5.41, 5.74) is 0.839. The van der Waals surface area contributed by atoms with Gasteiger partial charge in [-0.2, -0.15) is 0 Å². The predicted molar refractivity (Wildman–Crippen MR) is 80.4 cm³/mol. The summed E-state index contributed by atoms with van der Waals surface area (Å²) < 4.78 is 5.72. The van der Waals surface area contributed by atoms with E-state index in [4.69, 9.17) is 4.74 Å². The van der Waals surface area contributed by atoms with Crippen molar-refractivity contribution in [2.75, 3.05) is 33.8 Å². The molecule has 0 aromatic rings. The maximum Gasteiger partial charge on any atom is 0.0657 e. The van der Waals surface area contributed by atoms with Crippen molar-refractivity contribution in [1.82, 2.24) is 10.2 Å². The van der Waals surface area contributed by atoms with Gasteiger partial charge in [-0.1, -0.05) is 20.8 Å². The van der Waals surface area contributed by atoms with Gasteiger partial charge in [-0.05, 0) is 44.7 Å². The van der Waals surface area contributed by atoms with E-state index >= 15 is 0 Å². The summed E-state index contributed by atoms with van der Waals surface area (Å²) in [6.45, 7) is 10.6. The van der Waals surface area contributed by atoms with Crippen molar-refractivity contribution in [3.63, 3.8) is 0 Å². The Morgan fingerprint density at radius 2 is 2.00 bits per heavy atom. The lowest BCUT2D eigenvalue weighted by molar-refractivity contribution is -0.160. The van der Waals surface area contributed by atoms with Gasteiger partial charge in [0.15, 0.2) is 0 Å². The fourth-order valence-corrected chi connectivity index (χ4v) is 4.57. The van der Waals surface area contributed by atoms with Gasteiger partial charge in [0.05, 0.1) is 6.10 Å². The lowest BCUT2D eigenvalue weighted by Gasteiger charge is -2.58. The molecule has 1 heterocycles. The van der Waals surface area contributed by atoms with Crippen molar-refractivity contribution >= 4 is 0 Å². The minimum absolute atomic E-state index is 0.381. The van der Waals surface area contributed by atoms with Crippen LogP contribution >= 0.6 is 0 Å². The molecule has 112 valence electrons. The van der Waals surface area contributed by atoms with Crippen LogP contribution < -0.4 is 5.32 Å². The monoisotopic (exact) mass is 268 g/mol. The van der Waals surface area contributed by atoms with E-state index in [2.05, 4.69) is 38.0 Å². The minimum atomic E-state index is 0.381. The molecule has 1 aliphatic heterocycles. The predicted octanol–water partition coefficient (Wildman–Crippen LogP) is 2.51. The van der Waals surface area contributed by atoms with Crippen LogP contribution in [0.15, 0.2) is 0 Å².